The van der Waals surface area contributed by atoms with Crippen molar-refractivity contribution < 1.29 is 4.79 Å². The van der Waals surface area contributed by atoms with Gasteiger partial charge in [-0.1, -0.05) is 24.3 Å². The number of aromatic amines is 1. The van der Waals surface area contributed by atoms with E-state index in [-0.39, 0.29) is 17.5 Å². The molecule has 2 aromatic heterocycles. The van der Waals surface area contributed by atoms with E-state index < -0.39 is 0 Å². The SMILES string of the molecule is Cc1ccccc1CC(C)NC(=O)c1cnn(-c2ccc(=O)[nH]n2)c1C. The van der Waals surface area contributed by atoms with E-state index >= 15 is 0 Å². The molecule has 0 aliphatic rings. The highest BCUT2D eigenvalue weighted by molar-refractivity contribution is 5.95. The van der Waals surface area contributed by atoms with E-state index in [0.29, 0.717) is 17.1 Å². The summed E-state index contributed by atoms with van der Waals surface area (Å²) in [4.78, 5) is 23.7. The van der Waals surface area contributed by atoms with E-state index in [9.17, 15) is 9.59 Å². The number of hydrogen-bond donors (Lipinski definition) is 2. The zero-order valence-electron chi connectivity index (χ0n) is 15.0. The van der Waals surface area contributed by atoms with Crippen LogP contribution >= 0.6 is 0 Å². The molecule has 0 spiro atoms. The van der Waals surface area contributed by atoms with Crippen LogP contribution in [0.1, 0.15) is 34.1 Å². The molecule has 0 bridgehead atoms. The summed E-state index contributed by atoms with van der Waals surface area (Å²) in [5.74, 6) is 0.272. The van der Waals surface area contributed by atoms with Crippen molar-refractivity contribution in [1.29, 1.82) is 0 Å². The number of amides is 1. The van der Waals surface area contributed by atoms with Gasteiger partial charge in [-0.15, -0.1) is 0 Å². The summed E-state index contributed by atoms with van der Waals surface area (Å²) in [7, 11) is 0. The molecule has 7 nitrogen and oxygen atoms in total. The minimum Gasteiger partial charge on any atom is -0.349 e. The van der Waals surface area contributed by atoms with Gasteiger partial charge in [0.25, 0.3) is 11.5 Å². The molecular formula is C19H21N5O2. The fourth-order valence-corrected chi connectivity index (χ4v) is 2.84. The first-order valence-electron chi connectivity index (χ1n) is 8.42. The summed E-state index contributed by atoms with van der Waals surface area (Å²) < 4.78 is 1.52. The van der Waals surface area contributed by atoms with Gasteiger partial charge in [-0.25, -0.2) is 9.78 Å². The number of rotatable bonds is 5. The Kier molecular flexibility index (Phi) is 4.97. The number of hydrogen-bond acceptors (Lipinski definition) is 4. The molecule has 1 aromatic carbocycles. The topological polar surface area (TPSA) is 92.7 Å². The summed E-state index contributed by atoms with van der Waals surface area (Å²) in [5, 5.41) is 13.5. The summed E-state index contributed by atoms with van der Waals surface area (Å²) >= 11 is 0. The van der Waals surface area contributed by atoms with E-state index in [0.717, 1.165) is 6.42 Å². The molecule has 26 heavy (non-hydrogen) atoms. The third-order valence-corrected chi connectivity index (χ3v) is 4.30. The van der Waals surface area contributed by atoms with Crippen molar-refractivity contribution >= 4 is 5.91 Å². The Bertz CT molecular complexity index is 969. The van der Waals surface area contributed by atoms with Gasteiger partial charge in [0.15, 0.2) is 5.82 Å². The molecule has 2 N–H and O–H groups in total. The minimum absolute atomic E-state index is 0.0162. The monoisotopic (exact) mass is 351 g/mol. The van der Waals surface area contributed by atoms with Crippen LogP contribution in [0.25, 0.3) is 5.82 Å². The molecule has 134 valence electrons. The Morgan fingerprint density at radius 1 is 1.23 bits per heavy atom. The number of H-pyrrole nitrogens is 1. The molecule has 0 saturated heterocycles. The highest BCUT2D eigenvalue weighted by atomic mass is 16.1. The molecule has 0 aliphatic heterocycles. The second-order valence-corrected chi connectivity index (χ2v) is 6.34. The molecule has 3 rings (SSSR count). The lowest BCUT2D eigenvalue weighted by molar-refractivity contribution is 0.0939. The van der Waals surface area contributed by atoms with Gasteiger partial charge in [0.1, 0.15) is 0 Å². The van der Waals surface area contributed by atoms with Crippen molar-refractivity contribution in [2.45, 2.75) is 33.2 Å². The van der Waals surface area contributed by atoms with Crippen LogP contribution in [0.5, 0.6) is 0 Å². The zero-order valence-corrected chi connectivity index (χ0v) is 15.0. The Morgan fingerprint density at radius 3 is 2.69 bits per heavy atom. The van der Waals surface area contributed by atoms with Crippen molar-refractivity contribution in [2.24, 2.45) is 0 Å². The highest BCUT2D eigenvalue weighted by Gasteiger charge is 2.18. The van der Waals surface area contributed by atoms with Crippen molar-refractivity contribution in [1.82, 2.24) is 25.3 Å². The lowest BCUT2D eigenvalue weighted by Gasteiger charge is -2.15. The van der Waals surface area contributed by atoms with Gasteiger partial charge in [-0.05, 0) is 44.4 Å². The van der Waals surface area contributed by atoms with E-state index in [2.05, 4.69) is 39.7 Å². The first kappa shape index (κ1) is 17.6. The Hall–Kier alpha value is -3.22. The number of aromatic nitrogens is 4. The number of nitrogens with one attached hydrogen (secondary N) is 2. The lowest BCUT2D eigenvalue weighted by atomic mass is 10.0. The molecule has 2 heterocycles. The molecular weight excluding hydrogens is 330 g/mol. The van der Waals surface area contributed by atoms with Crippen LogP contribution in [0.4, 0.5) is 0 Å². The first-order valence-corrected chi connectivity index (χ1v) is 8.42. The maximum atomic E-state index is 12.6. The number of carbonyl (C=O) groups is 1. The van der Waals surface area contributed by atoms with Crippen molar-refractivity contribution in [3.05, 3.63) is 75.3 Å². The number of carbonyl (C=O) groups excluding carboxylic acids is 1. The highest BCUT2D eigenvalue weighted by Crippen LogP contribution is 2.13. The number of benzene rings is 1. The lowest BCUT2D eigenvalue weighted by Crippen LogP contribution is -2.34. The van der Waals surface area contributed by atoms with Gasteiger partial charge in [0.05, 0.1) is 17.5 Å². The minimum atomic E-state index is -0.290. The van der Waals surface area contributed by atoms with E-state index in [4.69, 9.17) is 0 Å². The molecule has 1 atom stereocenters. The first-order chi connectivity index (χ1) is 12.5. The van der Waals surface area contributed by atoms with Crippen LogP contribution in [0.15, 0.2) is 47.4 Å². The van der Waals surface area contributed by atoms with Gasteiger partial charge < -0.3 is 5.32 Å². The Morgan fingerprint density at radius 2 is 2.00 bits per heavy atom. The molecule has 0 aliphatic carbocycles. The molecule has 0 radical (unpaired) electrons. The van der Waals surface area contributed by atoms with Gasteiger partial charge in [0, 0.05) is 12.1 Å². The standard InChI is InChI=1S/C19H21N5O2/c1-12-6-4-5-7-15(12)10-13(2)21-19(26)16-11-20-24(14(16)3)17-8-9-18(25)23-22-17/h4-9,11,13H,10H2,1-3H3,(H,21,26)(H,23,25). The Balaban J connectivity index is 1.73. The van der Waals surface area contributed by atoms with Crippen LogP contribution < -0.4 is 10.9 Å². The van der Waals surface area contributed by atoms with Crippen LogP contribution in [-0.4, -0.2) is 31.9 Å². The van der Waals surface area contributed by atoms with Crippen LogP contribution in [0.2, 0.25) is 0 Å². The normalized spacial score (nSPS) is 12.0. The van der Waals surface area contributed by atoms with Crippen molar-refractivity contribution in [2.75, 3.05) is 0 Å². The fourth-order valence-electron chi connectivity index (χ4n) is 2.84. The van der Waals surface area contributed by atoms with Gasteiger partial charge in [-0.2, -0.15) is 10.2 Å². The van der Waals surface area contributed by atoms with E-state index in [1.54, 1.807) is 13.0 Å². The second-order valence-electron chi connectivity index (χ2n) is 6.34. The molecule has 0 fully saturated rings. The summed E-state index contributed by atoms with van der Waals surface area (Å²) in [6.07, 6.45) is 2.27. The molecule has 1 unspecified atom stereocenters. The van der Waals surface area contributed by atoms with Gasteiger partial charge in [0.2, 0.25) is 0 Å². The summed E-state index contributed by atoms with van der Waals surface area (Å²) in [6.45, 7) is 5.84. The van der Waals surface area contributed by atoms with Crippen molar-refractivity contribution in [3.63, 3.8) is 0 Å². The van der Waals surface area contributed by atoms with Gasteiger partial charge >= 0.3 is 0 Å². The molecule has 7 heteroatoms. The van der Waals surface area contributed by atoms with E-state index in [1.807, 2.05) is 19.1 Å². The third-order valence-electron chi connectivity index (χ3n) is 4.30. The largest absolute Gasteiger partial charge is 0.349 e. The average Bonchev–Trinajstić information content (AvgIpc) is 2.99. The fraction of sp³-hybridized carbons (Fsp3) is 0.263. The van der Waals surface area contributed by atoms with Crippen LogP contribution in [0, 0.1) is 13.8 Å². The predicted molar refractivity (Wildman–Crippen MR) is 98.5 cm³/mol. The maximum absolute atomic E-state index is 12.6. The average molecular weight is 351 g/mol. The molecule has 1 amide bonds. The van der Waals surface area contributed by atoms with Crippen molar-refractivity contribution in [3.8, 4) is 5.82 Å². The van der Waals surface area contributed by atoms with Crippen LogP contribution in [0.3, 0.4) is 0 Å². The quantitative estimate of drug-likeness (QED) is 0.735. The maximum Gasteiger partial charge on any atom is 0.264 e. The third kappa shape index (κ3) is 3.72. The molecule has 3 aromatic rings. The summed E-state index contributed by atoms with van der Waals surface area (Å²) in [5.41, 5.74) is 3.27. The van der Waals surface area contributed by atoms with E-state index in [1.165, 1.54) is 28.1 Å². The second kappa shape index (κ2) is 7.35. The smallest absolute Gasteiger partial charge is 0.264 e. The number of nitrogens with zero attached hydrogens (tertiary/aromatic N) is 3. The van der Waals surface area contributed by atoms with Gasteiger partial charge in [-0.3, -0.25) is 9.59 Å². The Labute approximate surface area is 151 Å². The zero-order chi connectivity index (χ0) is 18.7. The predicted octanol–water partition coefficient (Wildman–Crippen LogP) is 1.93. The molecule has 0 saturated carbocycles. The summed E-state index contributed by atoms with van der Waals surface area (Å²) in [6, 6.07) is 11.1. The number of aryl methyl sites for hydroxylation is 1. The van der Waals surface area contributed by atoms with Crippen LogP contribution in [-0.2, 0) is 6.42 Å².